The summed E-state index contributed by atoms with van der Waals surface area (Å²) in [7, 11) is 0. The third kappa shape index (κ3) is 2.47. The van der Waals surface area contributed by atoms with Crippen LogP contribution in [0.2, 0.25) is 0 Å². The first-order valence-corrected chi connectivity index (χ1v) is 6.01. The van der Waals surface area contributed by atoms with Gasteiger partial charge in [0.25, 0.3) is 0 Å². The highest BCUT2D eigenvalue weighted by molar-refractivity contribution is 5.81. The van der Waals surface area contributed by atoms with Gasteiger partial charge in [0.05, 0.1) is 0 Å². The van der Waals surface area contributed by atoms with Gasteiger partial charge in [-0.15, -0.1) is 0 Å². The first kappa shape index (κ1) is 11.7. The Labute approximate surface area is 104 Å². The van der Waals surface area contributed by atoms with Crippen LogP contribution in [0.3, 0.4) is 0 Å². The van der Waals surface area contributed by atoms with Gasteiger partial charge in [0.2, 0.25) is 0 Å². The maximum absolute atomic E-state index is 2.26. The van der Waals surface area contributed by atoms with Crippen LogP contribution in [-0.4, -0.2) is 0 Å². The average Bonchev–Trinajstić information content (AvgIpc) is 2.36. The molecule has 0 N–H and O–H groups in total. The van der Waals surface area contributed by atoms with E-state index in [0.717, 1.165) is 0 Å². The molecule has 2 rings (SSSR count). The Bertz CT molecular complexity index is 533. The standard InChI is InChI=1S/C17H18/c1-4-16(15-8-6-5-7-9-15)17-12-13(2)10-11-14(17)3/h4-12H,1-3H3/b16-4+. The SMILES string of the molecule is C/C=C(\c1ccccc1)c1cc(C)ccc1C. The maximum Gasteiger partial charge on any atom is -0.0149 e. The molecule has 17 heavy (non-hydrogen) atoms. The van der Waals surface area contributed by atoms with Crippen molar-refractivity contribution in [2.24, 2.45) is 0 Å². The lowest BCUT2D eigenvalue weighted by Crippen LogP contribution is -1.92. The Hall–Kier alpha value is -1.82. The molecule has 0 atom stereocenters. The smallest absolute Gasteiger partial charge is 0.0149 e. The fourth-order valence-corrected chi connectivity index (χ4v) is 2.12. The van der Waals surface area contributed by atoms with Gasteiger partial charge in [-0.3, -0.25) is 0 Å². The number of hydrogen-bond acceptors (Lipinski definition) is 0. The number of hydrogen-bond donors (Lipinski definition) is 0. The Morgan fingerprint density at radius 1 is 0.941 bits per heavy atom. The van der Waals surface area contributed by atoms with E-state index in [9.17, 15) is 0 Å². The highest BCUT2D eigenvalue weighted by atomic mass is 14.1. The van der Waals surface area contributed by atoms with Crippen LogP contribution >= 0.6 is 0 Å². The molecule has 0 heterocycles. The molecule has 0 aliphatic carbocycles. The van der Waals surface area contributed by atoms with Gasteiger partial charge >= 0.3 is 0 Å². The fourth-order valence-electron chi connectivity index (χ4n) is 2.12. The Kier molecular flexibility index (Phi) is 3.43. The molecule has 0 heteroatoms. The fraction of sp³-hybridized carbons (Fsp3) is 0.176. The van der Waals surface area contributed by atoms with Crippen LogP contribution in [0.1, 0.15) is 29.2 Å². The minimum atomic E-state index is 1.28. The topological polar surface area (TPSA) is 0 Å². The molecular weight excluding hydrogens is 204 g/mol. The zero-order valence-corrected chi connectivity index (χ0v) is 10.7. The van der Waals surface area contributed by atoms with Crippen molar-refractivity contribution in [3.8, 4) is 0 Å². The molecule has 0 bridgehead atoms. The van der Waals surface area contributed by atoms with Gasteiger partial charge in [0.1, 0.15) is 0 Å². The summed E-state index contributed by atoms with van der Waals surface area (Å²) in [5, 5.41) is 0. The van der Waals surface area contributed by atoms with Gasteiger partial charge in [-0.2, -0.15) is 0 Å². The van der Waals surface area contributed by atoms with E-state index in [-0.39, 0.29) is 0 Å². The van der Waals surface area contributed by atoms with Gasteiger partial charge in [-0.05, 0) is 43.0 Å². The molecule has 0 saturated heterocycles. The summed E-state index contributed by atoms with van der Waals surface area (Å²) in [4.78, 5) is 0. The lowest BCUT2D eigenvalue weighted by atomic mass is 9.93. The van der Waals surface area contributed by atoms with Crippen molar-refractivity contribution in [1.29, 1.82) is 0 Å². The number of rotatable bonds is 2. The summed E-state index contributed by atoms with van der Waals surface area (Å²) < 4.78 is 0. The minimum Gasteiger partial charge on any atom is -0.0792 e. The first-order valence-electron chi connectivity index (χ1n) is 6.01. The van der Waals surface area contributed by atoms with Crippen LogP contribution in [0.4, 0.5) is 0 Å². The summed E-state index contributed by atoms with van der Waals surface area (Å²) in [6.07, 6.45) is 2.19. The molecule has 2 aromatic carbocycles. The van der Waals surface area contributed by atoms with Gasteiger partial charge in [-0.1, -0.05) is 60.2 Å². The third-order valence-corrected chi connectivity index (χ3v) is 3.06. The second-order valence-corrected chi connectivity index (χ2v) is 4.39. The summed E-state index contributed by atoms with van der Waals surface area (Å²) >= 11 is 0. The first-order chi connectivity index (χ1) is 8.22. The molecular formula is C17H18. The Balaban J connectivity index is 2.54. The van der Waals surface area contributed by atoms with E-state index in [1.165, 1.54) is 27.8 Å². The number of benzene rings is 2. The third-order valence-electron chi connectivity index (χ3n) is 3.06. The second kappa shape index (κ2) is 5.01. The molecule has 86 valence electrons. The molecule has 2 aromatic rings. The second-order valence-electron chi connectivity index (χ2n) is 4.39. The molecule has 0 fully saturated rings. The van der Waals surface area contributed by atoms with E-state index in [0.29, 0.717) is 0 Å². The lowest BCUT2D eigenvalue weighted by Gasteiger charge is -2.12. The van der Waals surface area contributed by atoms with Crippen LogP contribution in [0.15, 0.2) is 54.6 Å². The zero-order chi connectivity index (χ0) is 12.3. The van der Waals surface area contributed by atoms with E-state index in [1.54, 1.807) is 0 Å². The van der Waals surface area contributed by atoms with Crippen LogP contribution in [0, 0.1) is 13.8 Å². The van der Waals surface area contributed by atoms with Crippen LogP contribution in [0.25, 0.3) is 5.57 Å². The van der Waals surface area contributed by atoms with E-state index in [4.69, 9.17) is 0 Å². The largest absolute Gasteiger partial charge is 0.0792 e. The quantitative estimate of drug-likeness (QED) is 0.687. The van der Waals surface area contributed by atoms with Crippen molar-refractivity contribution in [3.63, 3.8) is 0 Å². The van der Waals surface area contributed by atoms with Crippen molar-refractivity contribution in [1.82, 2.24) is 0 Å². The molecule has 0 aliphatic rings. The van der Waals surface area contributed by atoms with Crippen molar-refractivity contribution < 1.29 is 0 Å². The van der Waals surface area contributed by atoms with Crippen LogP contribution < -0.4 is 0 Å². The summed E-state index contributed by atoms with van der Waals surface area (Å²) in [6.45, 7) is 6.41. The molecule has 0 nitrogen and oxygen atoms in total. The van der Waals surface area contributed by atoms with Gasteiger partial charge in [0.15, 0.2) is 0 Å². The number of allylic oxidation sites excluding steroid dienone is 1. The monoisotopic (exact) mass is 222 g/mol. The molecule has 0 unspecified atom stereocenters. The van der Waals surface area contributed by atoms with E-state index < -0.39 is 0 Å². The summed E-state index contributed by atoms with van der Waals surface area (Å²) in [6, 6.07) is 17.2. The van der Waals surface area contributed by atoms with E-state index in [2.05, 4.69) is 75.4 Å². The highest BCUT2D eigenvalue weighted by Gasteiger charge is 2.06. The molecule has 0 radical (unpaired) electrons. The maximum atomic E-state index is 2.26. The van der Waals surface area contributed by atoms with Gasteiger partial charge < -0.3 is 0 Å². The van der Waals surface area contributed by atoms with E-state index >= 15 is 0 Å². The van der Waals surface area contributed by atoms with Crippen LogP contribution in [0.5, 0.6) is 0 Å². The normalized spacial score (nSPS) is 11.6. The Morgan fingerprint density at radius 2 is 1.65 bits per heavy atom. The zero-order valence-electron chi connectivity index (χ0n) is 10.7. The highest BCUT2D eigenvalue weighted by Crippen LogP contribution is 2.26. The predicted molar refractivity (Wildman–Crippen MR) is 75.1 cm³/mol. The number of aryl methyl sites for hydroxylation is 2. The van der Waals surface area contributed by atoms with Crippen molar-refractivity contribution >= 4 is 5.57 Å². The minimum absolute atomic E-state index is 1.28. The van der Waals surface area contributed by atoms with Crippen molar-refractivity contribution in [2.45, 2.75) is 20.8 Å². The average molecular weight is 222 g/mol. The van der Waals surface area contributed by atoms with Gasteiger partial charge in [0, 0.05) is 0 Å². The van der Waals surface area contributed by atoms with E-state index in [1.807, 2.05) is 0 Å². The van der Waals surface area contributed by atoms with Crippen molar-refractivity contribution in [3.05, 3.63) is 76.9 Å². The molecule has 0 amide bonds. The predicted octanol–water partition coefficient (Wildman–Crippen LogP) is 4.76. The summed E-state index contributed by atoms with van der Waals surface area (Å²) in [5.41, 5.74) is 6.56. The molecule has 0 spiro atoms. The van der Waals surface area contributed by atoms with Gasteiger partial charge in [-0.25, -0.2) is 0 Å². The summed E-state index contributed by atoms with van der Waals surface area (Å²) in [5.74, 6) is 0. The Morgan fingerprint density at radius 3 is 2.29 bits per heavy atom. The molecule has 0 aromatic heterocycles. The lowest BCUT2D eigenvalue weighted by molar-refractivity contribution is 1.35. The van der Waals surface area contributed by atoms with Crippen LogP contribution in [-0.2, 0) is 0 Å². The molecule has 0 aliphatic heterocycles. The molecule has 0 saturated carbocycles. The van der Waals surface area contributed by atoms with Crippen molar-refractivity contribution in [2.75, 3.05) is 0 Å².